The summed E-state index contributed by atoms with van der Waals surface area (Å²) < 4.78 is 34.9. The molecule has 0 spiro atoms. The first-order valence-electron chi connectivity index (χ1n) is 9.05. The SMILES string of the molecule is CC1CCc2oc3c(cc(NS(=O)(=O)c4cccs4)c4ccccc43)c2C1. The molecule has 1 aliphatic carbocycles. The maximum atomic E-state index is 12.8. The molecule has 2 aromatic carbocycles. The van der Waals surface area contributed by atoms with Gasteiger partial charge in [0.15, 0.2) is 0 Å². The van der Waals surface area contributed by atoms with Gasteiger partial charge in [-0.2, -0.15) is 0 Å². The number of hydrogen-bond acceptors (Lipinski definition) is 4. The topological polar surface area (TPSA) is 59.3 Å². The lowest BCUT2D eigenvalue weighted by atomic mass is 9.87. The molecule has 2 heterocycles. The highest BCUT2D eigenvalue weighted by Crippen LogP contribution is 2.40. The Hall–Kier alpha value is -2.31. The van der Waals surface area contributed by atoms with Gasteiger partial charge >= 0.3 is 0 Å². The van der Waals surface area contributed by atoms with E-state index in [1.54, 1.807) is 17.5 Å². The largest absolute Gasteiger partial charge is 0.460 e. The summed E-state index contributed by atoms with van der Waals surface area (Å²) in [5.74, 6) is 1.66. The molecule has 138 valence electrons. The van der Waals surface area contributed by atoms with Gasteiger partial charge in [-0.25, -0.2) is 8.42 Å². The van der Waals surface area contributed by atoms with Crippen LogP contribution >= 0.6 is 11.3 Å². The molecule has 0 bridgehead atoms. The Morgan fingerprint density at radius 3 is 2.70 bits per heavy atom. The second-order valence-corrected chi connectivity index (χ2v) is 10.1. The van der Waals surface area contributed by atoms with Crippen LogP contribution in [0.1, 0.15) is 24.7 Å². The molecule has 0 amide bonds. The van der Waals surface area contributed by atoms with Crippen LogP contribution in [-0.4, -0.2) is 8.42 Å². The van der Waals surface area contributed by atoms with Gasteiger partial charge in [0, 0.05) is 28.1 Å². The Balaban J connectivity index is 1.75. The number of hydrogen-bond donors (Lipinski definition) is 1. The molecule has 2 aromatic heterocycles. The van der Waals surface area contributed by atoms with Gasteiger partial charge in [0.25, 0.3) is 10.0 Å². The molecular formula is C21H19NO3S2. The average Bonchev–Trinajstić information content (AvgIpc) is 3.30. The zero-order chi connectivity index (χ0) is 18.6. The standard InChI is InChI=1S/C21H19NO3S2/c1-13-8-9-19-16(11-13)17-12-18(22-27(23,24)20-7-4-10-26-20)14-5-2-3-6-15(14)21(17)25-19/h2-7,10,12-13,22H,8-9,11H2,1H3. The third-order valence-electron chi connectivity index (χ3n) is 5.30. The highest BCUT2D eigenvalue weighted by molar-refractivity contribution is 7.94. The normalized spacial score (nSPS) is 17.3. The highest BCUT2D eigenvalue weighted by Gasteiger charge is 2.25. The maximum Gasteiger partial charge on any atom is 0.271 e. The molecule has 0 saturated carbocycles. The van der Waals surface area contributed by atoms with Crippen molar-refractivity contribution in [2.45, 2.75) is 30.4 Å². The molecule has 5 rings (SSSR count). The summed E-state index contributed by atoms with van der Waals surface area (Å²) in [4.78, 5) is 0. The van der Waals surface area contributed by atoms with E-state index in [0.717, 1.165) is 46.8 Å². The second kappa shape index (κ2) is 6.11. The fourth-order valence-corrected chi connectivity index (χ4v) is 6.03. The fraction of sp³-hybridized carbons (Fsp3) is 0.238. The molecule has 0 radical (unpaired) electrons. The van der Waals surface area contributed by atoms with Crippen LogP contribution in [0.25, 0.3) is 21.7 Å². The number of aryl methyl sites for hydroxylation is 1. The van der Waals surface area contributed by atoms with Gasteiger partial charge in [0.2, 0.25) is 0 Å². The number of benzene rings is 2. The lowest BCUT2D eigenvalue weighted by Crippen LogP contribution is -2.12. The van der Waals surface area contributed by atoms with Crippen molar-refractivity contribution >= 4 is 48.8 Å². The third-order valence-corrected chi connectivity index (χ3v) is 8.07. The highest BCUT2D eigenvalue weighted by atomic mass is 32.2. The summed E-state index contributed by atoms with van der Waals surface area (Å²) in [5.41, 5.74) is 2.70. The third kappa shape index (κ3) is 2.75. The molecule has 1 aliphatic rings. The number of nitrogens with one attached hydrogen (secondary N) is 1. The number of furan rings is 1. The minimum atomic E-state index is -3.61. The van der Waals surface area contributed by atoms with Crippen molar-refractivity contribution in [1.82, 2.24) is 0 Å². The van der Waals surface area contributed by atoms with Gasteiger partial charge in [-0.3, -0.25) is 4.72 Å². The Morgan fingerprint density at radius 2 is 1.93 bits per heavy atom. The van der Waals surface area contributed by atoms with Crippen molar-refractivity contribution in [3.63, 3.8) is 0 Å². The number of thiophene rings is 1. The summed E-state index contributed by atoms with van der Waals surface area (Å²) in [6.07, 6.45) is 3.04. The van der Waals surface area contributed by atoms with E-state index in [-0.39, 0.29) is 0 Å². The predicted molar refractivity (Wildman–Crippen MR) is 110 cm³/mol. The minimum absolute atomic E-state index is 0.314. The van der Waals surface area contributed by atoms with Crippen LogP contribution in [0, 0.1) is 5.92 Å². The first kappa shape index (κ1) is 16.8. The van der Waals surface area contributed by atoms with Crippen LogP contribution in [0.15, 0.2) is 56.5 Å². The molecule has 4 nitrogen and oxygen atoms in total. The molecular weight excluding hydrogens is 378 g/mol. The van der Waals surface area contributed by atoms with E-state index in [1.807, 2.05) is 30.3 Å². The van der Waals surface area contributed by atoms with Crippen LogP contribution in [-0.2, 0) is 22.9 Å². The molecule has 0 saturated heterocycles. The van der Waals surface area contributed by atoms with Crippen molar-refractivity contribution in [1.29, 1.82) is 0 Å². The Morgan fingerprint density at radius 1 is 1.11 bits per heavy atom. The zero-order valence-electron chi connectivity index (χ0n) is 14.9. The van der Waals surface area contributed by atoms with Gasteiger partial charge in [-0.1, -0.05) is 37.3 Å². The van der Waals surface area contributed by atoms with Gasteiger partial charge in [-0.05, 0) is 36.3 Å². The van der Waals surface area contributed by atoms with E-state index in [0.29, 0.717) is 15.8 Å². The minimum Gasteiger partial charge on any atom is -0.460 e. The molecule has 6 heteroatoms. The Labute approximate surface area is 161 Å². The maximum absolute atomic E-state index is 12.8. The van der Waals surface area contributed by atoms with Crippen LogP contribution in [0.4, 0.5) is 5.69 Å². The first-order valence-corrected chi connectivity index (χ1v) is 11.4. The fourth-order valence-electron chi connectivity index (χ4n) is 3.97. The van der Waals surface area contributed by atoms with Crippen LogP contribution in [0.3, 0.4) is 0 Å². The van der Waals surface area contributed by atoms with E-state index in [1.165, 1.54) is 16.9 Å². The summed E-state index contributed by atoms with van der Waals surface area (Å²) in [6.45, 7) is 2.25. The van der Waals surface area contributed by atoms with Crippen LogP contribution < -0.4 is 4.72 Å². The number of rotatable bonds is 3. The van der Waals surface area contributed by atoms with E-state index < -0.39 is 10.0 Å². The molecule has 4 aromatic rings. The zero-order valence-corrected chi connectivity index (χ0v) is 16.5. The van der Waals surface area contributed by atoms with Crippen molar-refractivity contribution < 1.29 is 12.8 Å². The summed E-state index contributed by atoms with van der Waals surface area (Å²) in [5, 5.41) is 4.59. The quantitative estimate of drug-likeness (QED) is 0.491. The van der Waals surface area contributed by atoms with Crippen LogP contribution in [0.2, 0.25) is 0 Å². The first-order chi connectivity index (χ1) is 13.0. The number of sulfonamides is 1. The number of fused-ring (bicyclic) bond motifs is 5. The average molecular weight is 398 g/mol. The van der Waals surface area contributed by atoms with Gasteiger partial charge < -0.3 is 4.42 Å². The predicted octanol–water partition coefficient (Wildman–Crippen LogP) is 5.57. The summed E-state index contributed by atoms with van der Waals surface area (Å²) in [6, 6.07) is 13.1. The van der Waals surface area contributed by atoms with Crippen molar-refractivity contribution in [2.24, 2.45) is 5.92 Å². The second-order valence-electron chi connectivity index (χ2n) is 7.24. The molecule has 1 unspecified atom stereocenters. The van der Waals surface area contributed by atoms with Gasteiger partial charge in [-0.15, -0.1) is 11.3 Å². The summed E-state index contributed by atoms with van der Waals surface area (Å²) in [7, 11) is -3.61. The molecule has 0 fully saturated rings. The van der Waals surface area contributed by atoms with E-state index in [4.69, 9.17) is 4.42 Å². The van der Waals surface area contributed by atoms with Crippen molar-refractivity contribution in [2.75, 3.05) is 4.72 Å². The van der Waals surface area contributed by atoms with E-state index >= 15 is 0 Å². The molecule has 1 N–H and O–H groups in total. The molecule has 0 aliphatic heterocycles. The monoisotopic (exact) mass is 397 g/mol. The lowest BCUT2D eigenvalue weighted by Gasteiger charge is -2.17. The molecule has 1 atom stereocenters. The van der Waals surface area contributed by atoms with E-state index in [2.05, 4.69) is 11.6 Å². The van der Waals surface area contributed by atoms with Crippen LogP contribution in [0.5, 0.6) is 0 Å². The summed E-state index contributed by atoms with van der Waals surface area (Å²) >= 11 is 1.21. The van der Waals surface area contributed by atoms with Crippen molar-refractivity contribution in [3.05, 3.63) is 59.2 Å². The Bertz CT molecular complexity index is 1250. The molecule has 27 heavy (non-hydrogen) atoms. The number of anilines is 1. The lowest BCUT2D eigenvalue weighted by molar-refractivity contribution is 0.439. The smallest absolute Gasteiger partial charge is 0.271 e. The van der Waals surface area contributed by atoms with Gasteiger partial charge in [0.05, 0.1) is 5.69 Å². The Kier molecular flexibility index (Phi) is 3.81. The van der Waals surface area contributed by atoms with Crippen molar-refractivity contribution in [3.8, 4) is 0 Å². The van der Waals surface area contributed by atoms with Gasteiger partial charge in [0.1, 0.15) is 15.6 Å². The van der Waals surface area contributed by atoms with E-state index in [9.17, 15) is 8.42 Å².